The SMILES string of the molecule is Cc1ccccc1NC(=O)NCC(O)c1ccc(-c2ccco2)cc1. The Hall–Kier alpha value is -3.05. The van der Waals surface area contributed by atoms with Gasteiger partial charge in [0.15, 0.2) is 0 Å². The number of aliphatic hydroxyl groups is 1. The molecule has 0 saturated carbocycles. The maximum atomic E-state index is 12.0. The van der Waals surface area contributed by atoms with E-state index in [0.717, 1.165) is 28.1 Å². The summed E-state index contributed by atoms with van der Waals surface area (Å²) >= 11 is 0. The van der Waals surface area contributed by atoms with Crippen molar-refractivity contribution in [2.75, 3.05) is 11.9 Å². The fourth-order valence-electron chi connectivity index (χ4n) is 2.50. The third kappa shape index (κ3) is 4.28. The quantitative estimate of drug-likeness (QED) is 0.656. The van der Waals surface area contributed by atoms with Gasteiger partial charge in [-0.3, -0.25) is 0 Å². The molecule has 3 aromatic rings. The number of aliphatic hydroxyl groups excluding tert-OH is 1. The largest absolute Gasteiger partial charge is 0.464 e. The molecule has 1 heterocycles. The molecule has 2 aromatic carbocycles. The number of carbonyl (C=O) groups is 1. The predicted octanol–water partition coefficient (Wildman–Crippen LogP) is 4.11. The van der Waals surface area contributed by atoms with E-state index in [1.165, 1.54) is 0 Å². The maximum Gasteiger partial charge on any atom is 0.319 e. The molecule has 2 amide bonds. The van der Waals surface area contributed by atoms with Crippen LogP contribution in [0.5, 0.6) is 0 Å². The summed E-state index contributed by atoms with van der Waals surface area (Å²) in [7, 11) is 0. The van der Waals surface area contributed by atoms with Crippen molar-refractivity contribution in [3.8, 4) is 11.3 Å². The van der Waals surface area contributed by atoms with E-state index in [0.29, 0.717) is 0 Å². The number of amides is 2. The minimum atomic E-state index is -0.784. The number of hydrogen-bond donors (Lipinski definition) is 3. The minimum absolute atomic E-state index is 0.123. The summed E-state index contributed by atoms with van der Waals surface area (Å²) in [6.45, 7) is 2.04. The highest BCUT2D eigenvalue weighted by atomic mass is 16.3. The molecule has 0 aliphatic heterocycles. The van der Waals surface area contributed by atoms with Crippen LogP contribution in [0.3, 0.4) is 0 Å². The summed E-state index contributed by atoms with van der Waals surface area (Å²) in [5.41, 5.74) is 3.39. The zero-order chi connectivity index (χ0) is 17.6. The summed E-state index contributed by atoms with van der Waals surface area (Å²) in [4.78, 5) is 12.0. The number of nitrogens with one attached hydrogen (secondary N) is 2. The van der Waals surface area contributed by atoms with Crippen molar-refractivity contribution in [1.29, 1.82) is 0 Å². The molecule has 1 aromatic heterocycles. The molecule has 5 heteroatoms. The Kier molecular flexibility index (Phi) is 5.16. The molecule has 1 unspecified atom stereocenters. The van der Waals surface area contributed by atoms with Gasteiger partial charge in [0.2, 0.25) is 0 Å². The van der Waals surface area contributed by atoms with Gasteiger partial charge in [0, 0.05) is 17.8 Å². The Balaban J connectivity index is 1.54. The Morgan fingerprint density at radius 2 is 1.84 bits per heavy atom. The number of hydrogen-bond acceptors (Lipinski definition) is 3. The molecule has 0 fully saturated rings. The zero-order valence-corrected chi connectivity index (χ0v) is 13.9. The summed E-state index contributed by atoms with van der Waals surface area (Å²) in [6.07, 6.45) is 0.836. The minimum Gasteiger partial charge on any atom is -0.464 e. The van der Waals surface area contributed by atoms with Gasteiger partial charge in [-0.1, -0.05) is 42.5 Å². The molecule has 25 heavy (non-hydrogen) atoms. The van der Waals surface area contributed by atoms with Crippen LogP contribution < -0.4 is 10.6 Å². The van der Waals surface area contributed by atoms with Crippen LogP contribution in [-0.4, -0.2) is 17.7 Å². The van der Waals surface area contributed by atoms with Gasteiger partial charge in [0.05, 0.1) is 12.4 Å². The van der Waals surface area contributed by atoms with E-state index in [4.69, 9.17) is 4.42 Å². The molecule has 0 radical (unpaired) electrons. The van der Waals surface area contributed by atoms with Crippen molar-refractivity contribution in [2.24, 2.45) is 0 Å². The van der Waals surface area contributed by atoms with Crippen molar-refractivity contribution in [2.45, 2.75) is 13.0 Å². The first kappa shape index (κ1) is 16.8. The van der Waals surface area contributed by atoms with Crippen molar-refractivity contribution in [1.82, 2.24) is 5.32 Å². The van der Waals surface area contributed by atoms with Gasteiger partial charge >= 0.3 is 6.03 Å². The summed E-state index contributed by atoms with van der Waals surface area (Å²) < 4.78 is 5.34. The lowest BCUT2D eigenvalue weighted by Gasteiger charge is -2.14. The summed E-state index contributed by atoms with van der Waals surface area (Å²) in [6, 6.07) is 18.3. The number of para-hydroxylation sites is 1. The molecule has 1 atom stereocenters. The molecule has 0 aliphatic rings. The van der Waals surface area contributed by atoms with Crippen LogP contribution in [0.1, 0.15) is 17.2 Å². The second-order valence-corrected chi connectivity index (χ2v) is 5.77. The summed E-state index contributed by atoms with van der Waals surface area (Å²) in [5.74, 6) is 0.775. The normalized spacial score (nSPS) is 11.8. The van der Waals surface area contributed by atoms with Crippen LogP contribution in [0.15, 0.2) is 71.3 Å². The standard InChI is InChI=1S/C20H20N2O3/c1-14-5-2-3-6-17(14)22-20(24)21-13-18(23)15-8-10-16(11-9-15)19-7-4-12-25-19/h2-12,18,23H,13H2,1H3,(H2,21,22,24). The lowest BCUT2D eigenvalue weighted by atomic mass is 10.1. The lowest BCUT2D eigenvalue weighted by molar-refractivity contribution is 0.175. The maximum absolute atomic E-state index is 12.0. The van der Waals surface area contributed by atoms with Crippen LogP contribution >= 0.6 is 0 Å². The van der Waals surface area contributed by atoms with E-state index in [1.807, 2.05) is 67.6 Å². The summed E-state index contributed by atoms with van der Waals surface area (Å²) in [5, 5.41) is 15.7. The Labute approximate surface area is 146 Å². The highest BCUT2D eigenvalue weighted by molar-refractivity contribution is 5.90. The lowest BCUT2D eigenvalue weighted by Crippen LogP contribution is -2.32. The molecule has 0 bridgehead atoms. The smallest absolute Gasteiger partial charge is 0.319 e. The van der Waals surface area contributed by atoms with Crippen molar-refractivity contribution < 1.29 is 14.3 Å². The van der Waals surface area contributed by atoms with Gasteiger partial charge in [0.25, 0.3) is 0 Å². The third-order valence-corrected chi connectivity index (χ3v) is 3.95. The van der Waals surface area contributed by atoms with Gasteiger partial charge in [-0.25, -0.2) is 4.79 Å². The van der Waals surface area contributed by atoms with E-state index in [-0.39, 0.29) is 12.6 Å². The fraction of sp³-hybridized carbons (Fsp3) is 0.150. The predicted molar refractivity (Wildman–Crippen MR) is 97.3 cm³/mol. The van der Waals surface area contributed by atoms with Crippen molar-refractivity contribution >= 4 is 11.7 Å². The number of aryl methyl sites for hydroxylation is 1. The number of anilines is 1. The van der Waals surface area contributed by atoms with Gasteiger partial charge in [0.1, 0.15) is 5.76 Å². The van der Waals surface area contributed by atoms with E-state index in [1.54, 1.807) is 6.26 Å². The van der Waals surface area contributed by atoms with Crippen molar-refractivity contribution in [3.05, 3.63) is 78.1 Å². The number of rotatable bonds is 5. The third-order valence-electron chi connectivity index (χ3n) is 3.95. The number of furan rings is 1. The second kappa shape index (κ2) is 7.68. The van der Waals surface area contributed by atoms with Gasteiger partial charge in [-0.2, -0.15) is 0 Å². The monoisotopic (exact) mass is 336 g/mol. The fourth-order valence-corrected chi connectivity index (χ4v) is 2.50. The van der Waals surface area contributed by atoms with E-state index >= 15 is 0 Å². The first-order valence-corrected chi connectivity index (χ1v) is 8.06. The topological polar surface area (TPSA) is 74.5 Å². The molecule has 5 nitrogen and oxygen atoms in total. The Morgan fingerprint density at radius 1 is 1.08 bits per heavy atom. The number of benzene rings is 2. The Morgan fingerprint density at radius 3 is 2.52 bits per heavy atom. The molecule has 0 aliphatic carbocycles. The van der Waals surface area contributed by atoms with Gasteiger partial charge in [-0.15, -0.1) is 0 Å². The van der Waals surface area contributed by atoms with Crippen LogP contribution in [0.4, 0.5) is 10.5 Å². The Bertz CT molecular complexity index is 826. The molecule has 0 saturated heterocycles. The van der Waals surface area contributed by atoms with E-state index in [9.17, 15) is 9.90 Å². The van der Waals surface area contributed by atoms with Gasteiger partial charge in [-0.05, 0) is 36.2 Å². The van der Waals surface area contributed by atoms with Crippen LogP contribution in [0.25, 0.3) is 11.3 Å². The average molecular weight is 336 g/mol. The molecule has 128 valence electrons. The molecule has 0 spiro atoms. The molecular weight excluding hydrogens is 316 g/mol. The first-order chi connectivity index (χ1) is 12.1. The number of carbonyl (C=O) groups excluding carboxylic acids is 1. The highest BCUT2D eigenvalue weighted by Gasteiger charge is 2.11. The average Bonchev–Trinajstić information content (AvgIpc) is 3.16. The molecular formula is C20H20N2O3. The van der Waals surface area contributed by atoms with Crippen LogP contribution in [0.2, 0.25) is 0 Å². The molecule has 3 N–H and O–H groups in total. The van der Waals surface area contributed by atoms with Crippen LogP contribution in [0, 0.1) is 6.92 Å². The van der Waals surface area contributed by atoms with E-state index in [2.05, 4.69) is 10.6 Å². The van der Waals surface area contributed by atoms with E-state index < -0.39 is 6.10 Å². The number of urea groups is 1. The zero-order valence-electron chi connectivity index (χ0n) is 13.9. The second-order valence-electron chi connectivity index (χ2n) is 5.77. The van der Waals surface area contributed by atoms with Gasteiger partial charge < -0.3 is 20.2 Å². The highest BCUT2D eigenvalue weighted by Crippen LogP contribution is 2.22. The molecule has 3 rings (SSSR count). The first-order valence-electron chi connectivity index (χ1n) is 8.06. The van der Waals surface area contributed by atoms with Crippen LogP contribution in [-0.2, 0) is 0 Å². The van der Waals surface area contributed by atoms with Crippen molar-refractivity contribution in [3.63, 3.8) is 0 Å².